The Morgan fingerprint density at radius 3 is 2.70 bits per heavy atom. The summed E-state index contributed by atoms with van der Waals surface area (Å²) in [4.78, 5) is 11.0. The maximum atomic E-state index is 9.16. The van der Waals surface area contributed by atoms with E-state index >= 15 is 0 Å². The Balaban J connectivity index is 1.81. The molecule has 0 aromatic carbocycles. The molecule has 0 bridgehead atoms. The smallest absolute Gasteiger partial charge is 0.225 e. The van der Waals surface area contributed by atoms with Gasteiger partial charge < -0.3 is 14.7 Å². The summed E-state index contributed by atoms with van der Waals surface area (Å²) in [6.07, 6.45) is 8.37. The average molecular weight is 271 g/mol. The van der Waals surface area contributed by atoms with Crippen LogP contribution in [0.4, 0.5) is 5.95 Å². The third-order valence-electron chi connectivity index (χ3n) is 3.40. The highest BCUT2D eigenvalue weighted by molar-refractivity contribution is 5.67. The highest BCUT2D eigenvalue weighted by Gasteiger charge is 2.14. The van der Waals surface area contributed by atoms with Gasteiger partial charge in [0.15, 0.2) is 0 Å². The fraction of sp³-hybridized carbons (Fsp3) is 0.400. The molecule has 2 aliphatic rings. The number of anilines is 1. The lowest BCUT2D eigenvalue weighted by molar-refractivity contribution is 0.122. The molecular formula is C15H17N3O2. The molecule has 1 aromatic heterocycles. The molecule has 20 heavy (non-hydrogen) atoms. The van der Waals surface area contributed by atoms with Crippen molar-refractivity contribution in [3.8, 4) is 0 Å². The molecule has 104 valence electrons. The Morgan fingerprint density at radius 2 is 2.00 bits per heavy atom. The van der Waals surface area contributed by atoms with E-state index in [9.17, 15) is 0 Å². The predicted octanol–water partition coefficient (Wildman–Crippen LogP) is 1.17. The first-order valence-electron chi connectivity index (χ1n) is 6.78. The van der Waals surface area contributed by atoms with E-state index in [2.05, 4.69) is 20.6 Å². The van der Waals surface area contributed by atoms with Crippen LogP contribution in [0.1, 0.15) is 12.0 Å². The van der Waals surface area contributed by atoms with Crippen LogP contribution in [0.15, 0.2) is 35.9 Å². The highest BCUT2D eigenvalue weighted by atomic mass is 16.5. The van der Waals surface area contributed by atoms with E-state index in [1.807, 2.05) is 24.5 Å². The van der Waals surface area contributed by atoms with Crippen molar-refractivity contribution in [2.75, 3.05) is 37.8 Å². The zero-order valence-electron chi connectivity index (χ0n) is 11.2. The molecule has 0 atom stereocenters. The lowest BCUT2D eigenvalue weighted by Gasteiger charge is -2.26. The number of allylic oxidation sites excluding steroid dienone is 1. The Labute approximate surface area is 117 Å². The Kier molecular flexibility index (Phi) is 3.92. The number of ether oxygens (including phenoxy) is 1. The van der Waals surface area contributed by atoms with Crippen molar-refractivity contribution in [2.24, 2.45) is 0 Å². The van der Waals surface area contributed by atoms with Gasteiger partial charge in [0.25, 0.3) is 0 Å². The molecule has 5 nitrogen and oxygen atoms in total. The highest BCUT2D eigenvalue weighted by Crippen LogP contribution is 2.21. The summed E-state index contributed by atoms with van der Waals surface area (Å²) in [6, 6.07) is 0. The minimum Gasteiger partial charge on any atom is -0.391 e. The van der Waals surface area contributed by atoms with Crippen molar-refractivity contribution >= 4 is 11.5 Å². The van der Waals surface area contributed by atoms with Gasteiger partial charge in [-0.1, -0.05) is 12.2 Å². The van der Waals surface area contributed by atoms with E-state index in [0.29, 0.717) is 0 Å². The number of morpholine rings is 1. The number of hydrogen-bond donors (Lipinski definition) is 1. The van der Waals surface area contributed by atoms with Gasteiger partial charge in [-0.2, -0.15) is 0 Å². The van der Waals surface area contributed by atoms with E-state index in [1.165, 1.54) is 0 Å². The summed E-state index contributed by atoms with van der Waals surface area (Å²) in [5, 5.41) is 9.16. The van der Waals surface area contributed by atoms with Gasteiger partial charge in [-0.25, -0.2) is 9.97 Å². The molecule has 2 heterocycles. The summed E-state index contributed by atoms with van der Waals surface area (Å²) < 4.78 is 5.32. The monoisotopic (exact) mass is 271 g/mol. The number of hydrogen-bond acceptors (Lipinski definition) is 5. The van der Waals surface area contributed by atoms with E-state index in [4.69, 9.17) is 9.84 Å². The van der Waals surface area contributed by atoms with Crippen LogP contribution >= 0.6 is 0 Å². The molecule has 1 fully saturated rings. The van der Waals surface area contributed by atoms with Crippen LogP contribution in [-0.2, 0) is 4.74 Å². The summed E-state index contributed by atoms with van der Waals surface area (Å²) in [7, 11) is 0. The maximum Gasteiger partial charge on any atom is 0.225 e. The van der Waals surface area contributed by atoms with Crippen LogP contribution in [0.3, 0.4) is 0 Å². The van der Waals surface area contributed by atoms with Crippen LogP contribution in [0.5, 0.6) is 0 Å². The normalized spacial score (nSPS) is 18.8. The van der Waals surface area contributed by atoms with E-state index in [1.54, 1.807) is 0 Å². The lowest BCUT2D eigenvalue weighted by atomic mass is 10.0. The molecule has 0 spiro atoms. The second-order valence-electron chi connectivity index (χ2n) is 4.76. The van der Waals surface area contributed by atoms with Gasteiger partial charge in [0.2, 0.25) is 5.95 Å². The zero-order chi connectivity index (χ0) is 13.8. The van der Waals surface area contributed by atoms with Crippen LogP contribution in [0, 0.1) is 0 Å². The van der Waals surface area contributed by atoms with Gasteiger partial charge in [0.05, 0.1) is 19.8 Å². The molecule has 0 amide bonds. The first-order chi connectivity index (χ1) is 9.86. The third kappa shape index (κ3) is 2.80. The maximum absolute atomic E-state index is 9.16. The number of aliphatic hydroxyl groups is 1. The second kappa shape index (κ2) is 6.01. The second-order valence-corrected chi connectivity index (χ2v) is 4.76. The number of nitrogens with zero attached hydrogens (tertiary/aromatic N) is 3. The fourth-order valence-corrected chi connectivity index (χ4v) is 2.29. The van der Waals surface area contributed by atoms with Crippen LogP contribution < -0.4 is 4.90 Å². The van der Waals surface area contributed by atoms with Gasteiger partial charge in [-0.15, -0.1) is 5.73 Å². The Morgan fingerprint density at radius 1 is 1.25 bits per heavy atom. The number of rotatable bonds is 3. The topological polar surface area (TPSA) is 58.5 Å². The molecule has 5 heteroatoms. The Hall–Kier alpha value is -1.94. The first-order valence-corrected chi connectivity index (χ1v) is 6.78. The fourth-order valence-electron chi connectivity index (χ4n) is 2.29. The third-order valence-corrected chi connectivity index (χ3v) is 3.40. The minimum atomic E-state index is 0.00667. The summed E-state index contributed by atoms with van der Waals surface area (Å²) in [6.45, 7) is 3.12. The molecule has 1 aliphatic carbocycles. The van der Waals surface area contributed by atoms with Crippen LogP contribution in [0.25, 0.3) is 5.57 Å². The van der Waals surface area contributed by atoms with Crippen molar-refractivity contribution in [1.82, 2.24) is 9.97 Å². The van der Waals surface area contributed by atoms with Crippen LogP contribution in [0.2, 0.25) is 0 Å². The predicted molar refractivity (Wildman–Crippen MR) is 76.3 cm³/mol. The van der Waals surface area contributed by atoms with Crippen molar-refractivity contribution in [3.05, 3.63) is 41.4 Å². The van der Waals surface area contributed by atoms with Gasteiger partial charge in [0, 0.05) is 42.2 Å². The van der Waals surface area contributed by atoms with Crippen molar-refractivity contribution in [1.29, 1.82) is 0 Å². The standard InChI is InChI=1S/C15H17N3O2/c19-11-12-2-1-3-13(8-12)14-9-16-15(17-10-14)18-4-6-20-7-5-18/h1-2,9-10,19H,3-7,11H2. The minimum absolute atomic E-state index is 0.00667. The molecule has 3 rings (SSSR count). The molecule has 1 aromatic rings. The van der Waals surface area contributed by atoms with Gasteiger partial charge >= 0.3 is 0 Å². The zero-order valence-corrected chi connectivity index (χ0v) is 11.2. The molecule has 1 saturated heterocycles. The summed E-state index contributed by atoms with van der Waals surface area (Å²) in [5.74, 6) is 0.746. The molecule has 1 N–H and O–H groups in total. The van der Waals surface area contributed by atoms with Gasteiger partial charge in [-0.05, 0) is 6.42 Å². The largest absolute Gasteiger partial charge is 0.391 e. The van der Waals surface area contributed by atoms with Crippen LogP contribution in [-0.4, -0.2) is 48.0 Å². The summed E-state index contributed by atoms with van der Waals surface area (Å²) >= 11 is 0. The first kappa shape index (κ1) is 13.1. The van der Waals surface area contributed by atoms with Crippen molar-refractivity contribution in [3.63, 3.8) is 0 Å². The quantitative estimate of drug-likeness (QED) is 0.836. The number of aromatic nitrogens is 2. The Bertz CT molecular complexity index is 565. The van der Waals surface area contributed by atoms with Gasteiger partial charge in [0.1, 0.15) is 0 Å². The molecule has 0 saturated carbocycles. The van der Waals surface area contributed by atoms with E-state index in [0.717, 1.165) is 55.4 Å². The summed E-state index contributed by atoms with van der Waals surface area (Å²) in [5.41, 5.74) is 5.97. The van der Waals surface area contributed by atoms with Gasteiger partial charge in [-0.3, -0.25) is 0 Å². The average Bonchev–Trinajstić information content (AvgIpc) is 2.56. The lowest BCUT2D eigenvalue weighted by Crippen LogP contribution is -2.37. The molecule has 0 unspecified atom stereocenters. The SMILES string of the molecule is OCC1=C=C(c2cnc(N3CCOCC3)nc2)CC=C1. The van der Waals surface area contributed by atoms with E-state index < -0.39 is 0 Å². The van der Waals surface area contributed by atoms with Crippen molar-refractivity contribution < 1.29 is 9.84 Å². The molecular weight excluding hydrogens is 254 g/mol. The van der Waals surface area contributed by atoms with Crippen molar-refractivity contribution in [2.45, 2.75) is 6.42 Å². The molecule has 0 radical (unpaired) electrons. The molecule has 1 aliphatic heterocycles. The number of aliphatic hydroxyl groups excluding tert-OH is 1. The van der Waals surface area contributed by atoms with E-state index in [-0.39, 0.29) is 6.61 Å².